The lowest BCUT2D eigenvalue weighted by molar-refractivity contribution is -0.121. The van der Waals surface area contributed by atoms with Crippen molar-refractivity contribution in [3.05, 3.63) is 72.6 Å². The first-order chi connectivity index (χ1) is 13.3. The van der Waals surface area contributed by atoms with E-state index in [2.05, 4.69) is 27.4 Å². The fourth-order valence-corrected chi connectivity index (χ4v) is 3.06. The minimum atomic E-state index is -0.00225. The van der Waals surface area contributed by atoms with Crippen LogP contribution in [0.4, 0.5) is 0 Å². The molecule has 1 aromatic heterocycles. The molecule has 0 bridgehead atoms. The predicted molar refractivity (Wildman–Crippen MR) is 107 cm³/mol. The van der Waals surface area contributed by atoms with E-state index in [1.807, 2.05) is 54.6 Å². The normalized spacial score (nSPS) is 11.0. The van der Waals surface area contributed by atoms with Crippen LogP contribution in [0.2, 0.25) is 0 Å². The average molecular weight is 359 g/mol. The molecule has 1 heterocycles. The van der Waals surface area contributed by atoms with E-state index in [1.54, 1.807) is 0 Å². The van der Waals surface area contributed by atoms with Crippen LogP contribution in [0, 0.1) is 0 Å². The number of fused-ring (bicyclic) bond motifs is 2. The Kier molecular flexibility index (Phi) is 5.01. The Morgan fingerprint density at radius 3 is 2.70 bits per heavy atom. The summed E-state index contributed by atoms with van der Waals surface area (Å²) in [6.07, 6.45) is 0.988. The van der Waals surface area contributed by atoms with Crippen molar-refractivity contribution in [3.8, 4) is 5.75 Å². The first-order valence-corrected chi connectivity index (χ1v) is 9.10. The highest BCUT2D eigenvalue weighted by molar-refractivity contribution is 5.83. The third-order valence-electron chi connectivity index (χ3n) is 4.44. The molecule has 27 heavy (non-hydrogen) atoms. The molecule has 0 fully saturated rings. The quantitative estimate of drug-likeness (QED) is 0.493. The Labute approximate surface area is 157 Å². The number of carbonyl (C=O) groups excluding carboxylic acids is 1. The van der Waals surface area contributed by atoms with Gasteiger partial charge in [-0.05, 0) is 35.0 Å². The lowest BCUT2D eigenvalue weighted by atomic mass is 10.1. The van der Waals surface area contributed by atoms with E-state index in [-0.39, 0.29) is 5.91 Å². The smallest absolute Gasteiger partial charge is 0.220 e. The van der Waals surface area contributed by atoms with E-state index >= 15 is 0 Å². The number of hydrogen-bond acceptors (Lipinski definition) is 3. The van der Waals surface area contributed by atoms with Gasteiger partial charge in [0.2, 0.25) is 5.91 Å². The fraction of sp³-hybridized carbons (Fsp3) is 0.182. The number of benzene rings is 3. The van der Waals surface area contributed by atoms with Crippen LogP contribution < -0.4 is 10.1 Å². The van der Waals surface area contributed by atoms with E-state index in [0.29, 0.717) is 26.0 Å². The number of aryl methyl sites for hydroxylation is 1. The maximum absolute atomic E-state index is 12.0. The molecule has 0 radical (unpaired) electrons. The molecule has 5 heteroatoms. The van der Waals surface area contributed by atoms with Crippen LogP contribution in [-0.4, -0.2) is 29.0 Å². The summed E-state index contributed by atoms with van der Waals surface area (Å²) in [5.41, 5.74) is 1.92. The summed E-state index contributed by atoms with van der Waals surface area (Å²) in [6.45, 7) is 0.917. The molecule has 4 rings (SSSR count). The van der Waals surface area contributed by atoms with Crippen molar-refractivity contribution in [2.45, 2.75) is 12.8 Å². The van der Waals surface area contributed by atoms with E-state index in [1.165, 1.54) is 5.39 Å². The summed E-state index contributed by atoms with van der Waals surface area (Å²) in [5, 5.41) is 5.22. The zero-order chi connectivity index (χ0) is 18.5. The molecule has 1 amide bonds. The fourth-order valence-electron chi connectivity index (χ4n) is 3.06. The van der Waals surface area contributed by atoms with Gasteiger partial charge in [-0.15, -0.1) is 0 Å². The number of rotatable bonds is 7. The monoisotopic (exact) mass is 359 g/mol. The van der Waals surface area contributed by atoms with E-state index in [0.717, 1.165) is 28.0 Å². The summed E-state index contributed by atoms with van der Waals surface area (Å²) in [5.74, 6) is 1.64. The Hall–Kier alpha value is -3.34. The Bertz CT molecular complexity index is 1040. The second kappa shape index (κ2) is 7.91. The molecular weight excluding hydrogens is 338 g/mol. The molecule has 0 aliphatic heterocycles. The van der Waals surface area contributed by atoms with Crippen molar-refractivity contribution in [2.24, 2.45) is 0 Å². The number of aromatic nitrogens is 2. The van der Waals surface area contributed by atoms with Crippen molar-refractivity contribution >= 4 is 27.7 Å². The number of ether oxygens (including phenoxy) is 1. The number of carbonyl (C=O) groups is 1. The van der Waals surface area contributed by atoms with E-state index < -0.39 is 0 Å². The van der Waals surface area contributed by atoms with Crippen LogP contribution in [0.5, 0.6) is 5.75 Å². The minimum absolute atomic E-state index is 0.00225. The largest absolute Gasteiger partial charge is 0.492 e. The summed E-state index contributed by atoms with van der Waals surface area (Å²) < 4.78 is 5.73. The summed E-state index contributed by atoms with van der Waals surface area (Å²) in [4.78, 5) is 19.7. The van der Waals surface area contributed by atoms with Gasteiger partial charge in [-0.25, -0.2) is 4.98 Å². The van der Waals surface area contributed by atoms with Gasteiger partial charge in [0.15, 0.2) is 0 Å². The molecule has 3 aromatic carbocycles. The van der Waals surface area contributed by atoms with Gasteiger partial charge in [-0.1, -0.05) is 42.5 Å². The van der Waals surface area contributed by atoms with Crippen LogP contribution in [0.1, 0.15) is 12.2 Å². The highest BCUT2D eigenvalue weighted by atomic mass is 16.5. The molecule has 0 aliphatic rings. The van der Waals surface area contributed by atoms with Gasteiger partial charge in [0, 0.05) is 12.8 Å². The third-order valence-corrected chi connectivity index (χ3v) is 4.44. The lowest BCUT2D eigenvalue weighted by Crippen LogP contribution is -2.28. The van der Waals surface area contributed by atoms with Crippen LogP contribution in [0.25, 0.3) is 21.8 Å². The standard InChI is InChI=1S/C22H21N3O2/c26-22(12-11-21-24-19-7-3-4-8-20(19)25-21)23-13-14-27-18-10-9-16-5-1-2-6-17(16)15-18/h1-10,15H,11-14H2,(H,23,26)(H,24,25). The highest BCUT2D eigenvalue weighted by Gasteiger charge is 2.06. The van der Waals surface area contributed by atoms with E-state index in [9.17, 15) is 4.79 Å². The number of para-hydroxylation sites is 2. The summed E-state index contributed by atoms with van der Waals surface area (Å²) in [6, 6.07) is 22.0. The maximum atomic E-state index is 12.0. The second-order valence-electron chi connectivity index (χ2n) is 6.41. The number of imidazole rings is 1. The minimum Gasteiger partial charge on any atom is -0.492 e. The van der Waals surface area contributed by atoms with Crippen molar-refractivity contribution in [3.63, 3.8) is 0 Å². The topological polar surface area (TPSA) is 67.0 Å². The SMILES string of the molecule is O=C(CCc1nc2ccccc2[nH]1)NCCOc1ccc2ccccc2c1. The summed E-state index contributed by atoms with van der Waals surface area (Å²) >= 11 is 0. The molecule has 0 spiro atoms. The van der Waals surface area contributed by atoms with Crippen molar-refractivity contribution in [1.82, 2.24) is 15.3 Å². The molecule has 0 saturated heterocycles. The van der Waals surface area contributed by atoms with Gasteiger partial charge < -0.3 is 15.0 Å². The molecule has 5 nitrogen and oxygen atoms in total. The maximum Gasteiger partial charge on any atom is 0.220 e. The second-order valence-corrected chi connectivity index (χ2v) is 6.41. The van der Waals surface area contributed by atoms with Crippen LogP contribution >= 0.6 is 0 Å². The predicted octanol–water partition coefficient (Wildman–Crippen LogP) is 3.84. The zero-order valence-electron chi connectivity index (χ0n) is 14.9. The zero-order valence-corrected chi connectivity index (χ0v) is 14.9. The number of aromatic amines is 1. The molecule has 0 saturated carbocycles. The van der Waals surface area contributed by atoms with Crippen molar-refractivity contribution < 1.29 is 9.53 Å². The number of hydrogen-bond donors (Lipinski definition) is 2. The van der Waals surface area contributed by atoms with Crippen LogP contribution in [0.3, 0.4) is 0 Å². The molecular formula is C22H21N3O2. The van der Waals surface area contributed by atoms with Crippen molar-refractivity contribution in [1.29, 1.82) is 0 Å². The Morgan fingerprint density at radius 2 is 1.81 bits per heavy atom. The molecule has 0 aliphatic carbocycles. The average Bonchev–Trinajstić information content (AvgIpc) is 3.12. The number of H-pyrrole nitrogens is 1. The third kappa shape index (κ3) is 4.26. The van der Waals surface area contributed by atoms with Crippen molar-refractivity contribution in [2.75, 3.05) is 13.2 Å². The van der Waals surface area contributed by atoms with Gasteiger partial charge in [-0.2, -0.15) is 0 Å². The number of amides is 1. The molecule has 4 aromatic rings. The Morgan fingerprint density at radius 1 is 1.00 bits per heavy atom. The number of nitrogens with one attached hydrogen (secondary N) is 2. The first-order valence-electron chi connectivity index (χ1n) is 9.10. The van der Waals surface area contributed by atoms with Gasteiger partial charge in [0.25, 0.3) is 0 Å². The van der Waals surface area contributed by atoms with E-state index in [4.69, 9.17) is 4.74 Å². The van der Waals surface area contributed by atoms with Gasteiger partial charge in [-0.3, -0.25) is 4.79 Å². The number of nitrogens with zero attached hydrogens (tertiary/aromatic N) is 1. The lowest BCUT2D eigenvalue weighted by Gasteiger charge is -2.08. The summed E-state index contributed by atoms with van der Waals surface area (Å²) in [7, 11) is 0. The van der Waals surface area contributed by atoms with Gasteiger partial charge in [0.1, 0.15) is 18.2 Å². The van der Waals surface area contributed by atoms with Crippen LogP contribution in [0.15, 0.2) is 66.7 Å². The molecule has 2 N–H and O–H groups in total. The molecule has 136 valence electrons. The Balaban J connectivity index is 1.21. The van der Waals surface area contributed by atoms with Gasteiger partial charge >= 0.3 is 0 Å². The van der Waals surface area contributed by atoms with Gasteiger partial charge in [0.05, 0.1) is 17.6 Å². The van der Waals surface area contributed by atoms with Crippen LogP contribution in [-0.2, 0) is 11.2 Å². The molecule has 0 atom stereocenters. The highest BCUT2D eigenvalue weighted by Crippen LogP contribution is 2.20. The molecule has 0 unspecified atom stereocenters. The first kappa shape index (κ1) is 17.1.